The summed E-state index contributed by atoms with van der Waals surface area (Å²) in [6.45, 7) is 6.14. The quantitative estimate of drug-likeness (QED) is 0.897. The van der Waals surface area contributed by atoms with Gasteiger partial charge in [0.25, 0.3) is 0 Å². The molecular formula is C16H17FN2O2. The second-order valence-electron chi connectivity index (χ2n) is 5.75. The number of para-hydroxylation sites is 1. The molecule has 0 aliphatic rings. The van der Waals surface area contributed by atoms with Gasteiger partial charge in [0, 0.05) is 11.9 Å². The van der Waals surface area contributed by atoms with Crippen LogP contribution in [-0.2, 0) is 5.41 Å². The molecule has 0 unspecified atom stereocenters. The number of carboxylic acids is 1. The van der Waals surface area contributed by atoms with Gasteiger partial charge in [0.15, 0.2) is 11.6 Å². The van der Waals surface area contributed by atoms with Crippen molar-refractivity contribution in [2.75, 3.05) is 5.32 Å². The zero-order valence-electron chi connectivity index (χ0n) is 12.1. The maximum Gasteiger partial charge on any atom is 0.338 e. The molecule has 0 saturated heterocycles. The second kappa shape index (κ2) is 5.52. The summed E-state index contributed by atoms with van der Waals surface area (Å²) < 4.78 is 14.1. The molecule has 1 heterocycles. The van der Waals surface area contributed by atoms with Crippen LogP contribution >= 0.6 is 0 Å². The zero-order chi connectivity index (χ0) is 15.6. The molecule has 0 saturated carbocycles. The molecule has 2 rings (SSSR count). The molecule has 0 fully saturated rings. The predicted octanol–water partition coefficient (Wildman–Crippen LogP) is 3.96. The van der Waals surface area contributed by atoms with Crippen molar-refractivity contribution in [2.45, 2.75) is 26.2 Å². The molecule has 1 aromatic heterocycles. The Morgan fingerprint density at radius 1 is 1.24 bits per heavy atom. The van der Waals surface area contributed by atoms with E-state index in [1.165, 1.54) is 6.20 Å². The first-order chi connectivity index (χ1) is 9.80. The van der Waals surface area contributed by atoms with E-state index in [1.54, 1.807) is 0 Å². The SMILES string of the molecule is CC(C)(C)c1ccccc1Nc1nccc(C(=O)O)c1F. The van der Waals surface area contributed by atoms with E-state index in [-0.39, 0.29) is 11.2 Å². The summed E-state index contributed by atoms with van der Waals surface area (Å²) in [5.41, 5.74) is 1.16. The Kier molecular flexibility index (Phi) is 3.93. The molecule has 0 atom stereocenters. The Morgan fingerprint density at radius 3 is 2.52 bits per heavy atom. The maximum atomic E-state index is 14.1. The van der Waals surface area contributed by atoms with Gasteiger partial charge in [0.2, 0.25) is 0 Å². The van der Waals surface area contributed by atoms with Crippen LogP contribution in [-0.4, -0.2) is 16.1 Å². The topological polar surface area (TPSA) is 62.2 Å². The molecule has 0 aliphatic carbocycles. The molecule has 4 nitrogen and oxygen atoms in total. The van der Waals surface area contributed by atoms with Crippen LogP contribution in [0.1, 0.15) is 36.7 Å². The van der Waals surface area contributed by atoms with Crippen LogP contribution in [0.5, 0.6) is 0 Å². The third kappa shape index (κ3) is 3.18. The number of aromatic carboxylic acids is 1. The minimum Gasteiger partial charge on any atom is -0.478 e. The smallest absolute Gasteiger partial charge is 0.338 e. The lowest BCUT2D eigenvalue weighted by atomic mass is 9.86. The Hall–Kier alpha value is -2.43. The van der Waals surface area contributed by atoms with E-state index in [0.29, 0.717) is 5.69 Å². The summed E-state index contributed by atoms with van der Waals surface area (Å²) in [6.07, 6.45) is 1.27. The van der Waals surface area contributed by atoms with E-state index in [2.05, 4.69) is 10.3 Å². The van der Waals surface area contributed by atoms with E-state index in [4.69, 9.17) is 5.11 Å². The highest BCUT2D eigenvalue weighted by Gasteiger charge is 2.20. The fraction of sp³-hybridized carbons (Fsp3) is 0.250. The van der Waals surface area contributed by atoms with Crippen LogP contribution in [0.4, 0.5) is 15.9 Å². The summed E-state index contributed by atoms with van der Waals surface area (Å²) in [5.74, 6) is -2.28. The van der Waals surface area contributed by atoms with Crippen LogP contribution < -0.4 is 5.32 Å². The fourth-order valence-corrected chi connectivity index (χ4v) is 2.07. The lowest BCUT2D eigenvalue weighted by Gasteiger charge is -2.23. The molecule has 1 aromatic carbocycles. The lowest BCUT2D eigenvalue weighted by Crippen LogP contribution is -2.14. The van der Waals surface area contributed by atoms with Crippen molar-refractivity contribution in [3.63, 3.8) is 0 Å². The maximum absolute atomic E-state index is 14.1. The standard InChI is InChI=1S/C16H17FN2O2/c1-16(2,3)11-6-4-5-7-12(11)19-14-13(17)10(15(20)21)8-9-18-14/h4-9H,1-3H3,(H,18,19)(H,20,21). The van der Waals surface area contributed by atoms with Gasteiger partial charge in [-0.3, -0.25) is 0 Å². The summed E-state index contributed by atoms with van der Waals surface area (Å²) in [7, 11) is 0. The number of carbonyl (C=O) groups is 1. The monoisotopic (exact) mass is 288 g/mol. The van der Waals surface area contributed by atoms with Gasteiger partial charge in [0.05, 0.1) is 0 Å². The molecule has 2 N–H and O–H groups in total. The van der Waals surface area contributed by atoms with Gasteiger partial charge in [-0.1, -0.05) is 39.0 Å². The molecule has 0 amide bonds. The van der Waals surface area contributed by atoms with Crippen molar-refractivity contribution in [3.05, 3.63) is 53.5 Å². The number of pyridine rings is 1. The Morgan fingerprint density at radius 2 is 1.90 bits per heavy atom. The molecule has 0 radical (unpaired) electrons. The number of benzene rings is 1. The van der Waals surface area contributed by atoms with Gasteiger partial charge >= 0.3 is 5.97 Å². The van der Waals surface area contributed by atoms with E-state index < -0.39 is 17.3 Å². The highest BCUT2D eigenvalue weighted by molar-refractivity contribution is 5.89. The largest absolute Gasteiger partial charge is 0.478 e. The van der Waals surface area contributed by atoms with E-state index >= 15 is 0 Å². The van der Waals surface area contributed by atoms with E-state index in [9.17, 15) is 9.18 Å². The molecule has 21 heavy (non-hydrogen) atoms. The van der Waals surface area contributed by atoms with Crippen molar-refractivity contribution < 1.29 is 14.3 Å². The van der Waals surface area contributed by atoms with Crippen molar-refractivity contribution in [3.8, 4) is 0 Å². The van der Waals surface area contributed by atoms with Gasteiger partial charge in [-0.25, -0.2) is 14.2 Å². The van der Waals surface area contributed by atoms with Gasteiger partial charge < -0.3 is 10.4 Å². The van der Waals surface area contributed by atoms with Crippen molar-refractivity contribution in [2.24, 2.45) is 0 Å². The van der Waals surface area contributed by atoms with Crippen molar-refractivity contribution in [1.29, 1.82) is 0 Å². The molecular weight excluding hydrogens is 271 g/mol. The third-order valence-electron chi connectivity index (χ3n) is 3.11. The van der Waals surface area contributed by atoms with Gasteiger partial charge in [-0.15, -0.1) is 0 Å². The summed E-state index contributed by atoms with van der Waals surface area (Å²) in [5, 5.41) is 11.8. The number of nitrogens with one attached hydrogen (secondary N) is 1. The highest BCUT2D eigenvalue weighted by Crippen LogP contribution is 2.31. The number of anilines is 2. The van der Waals surface area contributed by atoms with Gasteiger partial charge in [-0.2, -0.15) is 0 Å². The van der Waals surface area contributed by atoms with Crippen molar-refractivity contribution in [1.82, 2.24) is 4.98 Å². The molecule has 0 bridgehead atoms. The number of hydrogen-bond donors (Lipinski definition) is 2. The van der Waals surface area contributed by atoms with Crippen LogP contribution in [0.3, 0.4) is 0 Å². The van der Waals surface area contributed by atoms with E-state index in [0.717, 1.165) is 11.6 Å². The average Bonchev–Trinajstić information content (AvgIpc) is 2.40. The Labute approximate surface area is 122 Å². The third-order valence-corrected chi connectivity index (χ3v) is 3.11. The molecule has 0 aliphatic heterocycles. The van der Waals surface area contributed by atoms with Gasteiger partial charge in [-0.05, 0) is 23.1 Å². The lowest BCUT2D eigenvalue weighted by molar-refractivity contribution is 0.0692. The Bertz CT molecular complexity index is 678. The first-order valence-corrected chi connectivity index (χ1v) is 6.55. The van der Waals surface area contributed by atoms with Crippen LogP contribution in [0, 0.1) is 5.82 Å². The number of halogens is 1. The summed E-state index contributed by atoms with van der Waals surface area (Å²) >= 11 is 0. The molecule has 5 heteroatoms. The average molecular weight is 288 g/mol. The van der Waals surface area contributed by atoms with E-state index in [1.807, 2.05) is 45.0 Å². The number of hydrogen-bond acceptors (Lipinski definition) is 3. The van der Waals surface area contributed by atoms with Crippen molar-refractivity contribution >= 4 is 17.5 Å². The van der Waals surface area contributed by atoms with Crippen LogP contribution in [0.15, 0.2) is 36.5 Å². The summed E-state index contributed by atoms with van der Waals surface area (Å²) in [6, 6.07) is 8.63. The molecule has 0 spiro atoms. The number of carboxylic acid groups (broad SMARTS) is 1. The number of aromatic nitrogens is 1. The summed E-state index contributed by atoms with van der Waals surface area (Å²) in [4.78, 5) is 14.8. The molecule has 2 aromatic rings. The highest BCUT2D eigenvalue weighted by atomic mass is 19.1. The Balaban J connectivity index is 2.45. The minimum atomic E-state index is -1.32. The first kappa shape index (κ1) is 15.0. The second-order valence-corrected chi connectivity index (χ2v) is 5.75. The predicted molar refractivity (Wildman–Crippen MR) is 79.6 cm³/mol. The minimum absolute atomic E-state index is 0.0911. The fourth-order valence-electron chi connectivity index (χ4n) is 2.07. The van der Waals surface area contributed by atoms with Gasteiger partial charge in [0.1, 0.15) is 5.56 Å². The normalized spacial score (nSPS) is 11.2. The zero-order valence-corrected chi connectivity index (χ0v) is 12.1. The first-order valence-electron chi connectivity index (χ1n) is 6.55. The number of nitrogens with zero attached hydrogens (tertiary/aromatic N) is 1. The molecule has 110 valence electrons. The van der Waals surface area contributed by atoms with Crippen LogP contribution in [0.2, 0.25) is 0 Å². The number of rotatable bonds is 3. The van der Waals surface area contributed by atoms with Crippen LogP contribution in [0.25, 0.3) is 0 Å².